The Morgan fingerprint density at radius 3 is 2.71 bits per heavy atom. The van der Waals surface area contributed by atoms with E-state index in [9.17, 15) is 10.1 Å². The van der Waals surface area contributed by atoms with E-state index >= 15 is 0 Å². The SMILES string of the molecule is CNc1nc(Oc2ccc([N+](=O)[O-])cc2)c2[nH]cnc2n1. The average Bonchev–Trinajstić information content (AvgIpc) is 2.96. The quantitative estimate of drug-likeness (QED) is 0.556. The molecule has 0 atom stereocenters. The number of H-pyrrole nitrogens is 1. The van der Waals surface area contributed by atoms with Crippen molar-refractivity contribution in [2.75, 3.05) is 12.4 Å². The number of nitrogens with zero attached hydrogens (tertiary/aromatic N) is 4. The molecular weight excluding hydrogens is 276 g/mol. The minimum Gasteiger partial charge on any atom is -0.437 e. The molecule has 1 aromatic carbocycles. The number of imidazole rings is 1. The van der Waals surface area contributed by atoms with E-state index < -0.39 is 4.92 Å². The molecule has 0 unspecified atom stereocenters. The molecule has 0 spiro atoms. The number of nitro groups is 1. The van der Waals surface area contributed by atoms with Gasteiger partial charge in [0.2, 0.25) is 5.95 Å². The Bertz CT molecular complexity index is 798. The Hall–Kier alpha value is -3.23. The third kappa shape index (κ3) is 2.43. The zero-order valence-electron chi connectivity index (χ0n) is 10.9. The number of ether oxygens (including phenoxy) is 1. The van der Waals surface area contributed by atoms with Gasteiger partial charge >= 0.3 is 0 Å². The predicted molar refractivity (Wildman–Crippen MR) is 74.4 cm³/mol. The summed E-state index contributed by atoms with van der Waals surface area (Å²) in [7, 11) is 1.68. The van der Waals surface area contributed by atoms with E-state index in [0.29, 0.717) is 22.9 Å². The maximum atomic E-state index is 10.6. The highest BCUT2D eigenvalue weighted by atomic mass is 16.6. The van der Waals surface area contributed by atoms with Crippen molar-refractivity contribution < 1.29 is 9.66 Å². The zero-order chi connectivity index (χ0) is 14.8. The summed E-state index contributed by atoms with van der Waals surface area (Å²) in [6.07, 6.45) is 1.49. The van der Waals surface area contributed by atoms with Gasteiger partial charge in [0.25, 0.3) is 11.6 Å². The Labute approximate surface area is 118 Å². The van der Waals surface area contributed by atoms with E-state index in [4.69, 9.17) is 4.74 Å². The molecule has 9 heteroatoms. The molecule has 106 valence electrons. The van der Waals surface area contributed by atoms with E-state index in [2.05, 4.69) is 25.3 Å². The molecule has 0 amide bonds. The summed E-state index contributed by atoms with van der Waals surface area (Å²) < 4.78 is 5.64. The van der Waals surface area contributed by atoms with Gasteiger partial charge in [-0.25, -0.2) is 4.98 Å². The Morgan fingerprint density at radius 1 is 1.29 bits per heavy atom. The summed E-state index contributed by atoms with van der Waals surface area (Å²) in [5.41, 5.74) is 1.01. The molecular formula is C12H10N6O3. The molecule has 2 aromatic heterocycles. The first-order valence-corrected chi connectivity index (χ1v) is 5.98. The molecule has 0 saturated heterocycles. The molecule has 0 saturated carbocycles. The van der Waals surface area contributed by atoms with E-state index in [0.717, 1.165) is 0 Å². The van der Waals surface area contributed by atoms with Crippen molar-refractivity contribution in [3.8, 4) is 11.6 Å². The number of aromatic amines is 1. The van der Waals surface area contributed by atoms with Gasteiger partial charge in [0, 0.05) is 19.2 Å². The maximum Gasteiger partial charge on any atom is 0.269 e. The van der Waals surface area contributed by atoms with Crippen LogP contribution < -0.4 is 10.1 Å². The molecule has 3 rings (SSSR count). The molecule has 0 radical (unpaired) electrons. The monoisotopic (exact) mass is 286 g/mol. The average molecular weight is 286 g/mol. The van der Waals surface area contributed by atoms with Gasteiger partial charge in [0.15, 0.2) is 5.65 Å². The van der Waals surface area contributed by atoms with Crippen molar-refractivity contribution in [3.05, 3.63) is 40.7 Å². The van der Waals surface area contributed by atoms with Crippen LogP contribution in [0.15, 0.2) is 30.6 Å². The van der Waals surface area contributed by atoms with Crippen molar-refractivity contribution >= 4 is 22.8 Å². The summed E-state index contributed by atoms with van der Waals surface area (Å²) >= 11 is 0. The third-order valence-corrected chi connectivity index (χ3v) is 2.74. The van der Waals surface area contributed by atoms with Crippen LogP contribution in [0, 0.1) is 10.1 Å². The zero-order valence-corrected chi connectivity index (χ0v) is 10.9. The highest BCUT2D eigenvalue weighted by molar-refractivity contribution is 5.77. The van der Waals surface area contributed by atoms with Crippen LogP contribution in [-0.2, 0) is 0 Å². The molecule has 3 aromatic rings. The van der Waals surface area contributed by atoms with E-state index in [1.807, 2.05) is 0 Å². The van der Waals surface area contributed by atoms with E-state index in [1.54, 1.807) is 7.05 Å². The number of hydrogen-bond donors (Lipinski definition) is 2. The lowest BCUT2D eigenvalue weighted by atomic mass is 10.3. The minimum absolute atomic E-state index is 0.00682. The fourth-order valence-electron chi connectivity index (χ4n) is 1.74. The summed E-state index contributed by atoms with van der Waals surface area (Å²) in [5.74, 6) is 1.08. The number of benzene rings is 1. The summed E-state index contributed by atoms with van der Waals surface area (Å²) in [5, 5.41) is 13.4. The van der Waals surface area contributed by atoms with Gasteiger partial charge in [-0.2, -0.15) is 9.97 Å². The van der Waals surface area contributed by atoms with Gasteiger partial charge in [-0.1, -0.05) is 0 Å². The molecule has 21 heavy (non-hydrogen) atoms. The van der Waals surface area contributed by atoms with Gasteiger partial charge in [0.1, 0.15) is 11.3 Å². The van der Waals surface area contributed by atoms with Gasteiger partial charge in [-0.05, 0) is 12.1 Å². The normalized spacial score (nSPS) is 10.5. The highest BCUT2D eigenvalue weighted by Gasteiger charge is 2.12. The molecule has 0 fully saturated rings. The van der Waals surface area contributed by atoms with Crippen molar-refractivity contribution in [2.24, 2.45) is 0 Å². The second-order valence-electron chi connectivity index (χ2n) is 4.06. The smallest absolute Gasteiger partial charge is 0.269 e. The summed E-state index contributed by atoms with van der Waals surface area (Å²) in [6, 6.07) is 5.72. The van der Waals surface area contributed by atoms with Crippen LogP contribution in [0.3, 0.4) is 0 Å². The fraction of sp³-hybridized carbons (Fsp3) is 0.0833. The largest absolute Gasteiger partial charge is 0.437 e. The van der Waals surface area contributed by atoms with Crippen LogP contribution in [0.2, 0.25) is 0 Å². The van der Waals surface area contributed by atoms with Crippen molar-refractivity contribution in [3.63, 3.8) is 0 Å². The molecule has 0 aliphatic heterocycles. The first kappa shape index (κ1) is 12.8. The van der Waals surface area contributed by atoms with Crippen LogP contribution in [0.25, 0.3) is 11.2 Å². The van der Waals surface area contributed by atoms with Crippen molar-refractivity contribution in [2.45, 2.75) is 0 Å². The molecule has 2 N–H and O–H groups in total. The number of fused-ring (bicyclic) bond motifs is 1. The van der Waals surface area contributed by atoms with Crippen LogP contribution in [0.5, 0.6) is 11.6 Å². The number of nitrogens with one attached hydrogen (secondary N) is 2. The Kier molecular flexibility index (Phi) is 3.07. The van der Waals surface area contributed by atoms with Crippen LogP contribution in [0.1, 0.15) is 0 Å². The van der Waals surface area contributed by atoms with E-state index in [1.165, 1.54) is 30.6 Å². The molecule has 0 bridgehead atoms. The molecule has 0 aliphatic rings. The lowest BCUT2D eigenvalue weighted by Crippen LogP contribution is -1.99. The minimum atomic E-state index is -0.472. The number of nitro benzene ring substituents is 1. The first-order valence-electron chi connectivity index (χ1n) is 5.98. The van der Waals surface area contributed by atoms with Crippen molar-refractivity contribution in [1.82, 2.24) is 19.9 Å². The van der Waals surface area contributed by atoms with Crippen LogP contribution >= 0.6 is 0 Å². The Balaban J connectivity index is 1.97. The second kappa shape index (κ2) is 5.04. The second-order valence-corrected chi connectivity index (χ2v) is 4.06. The lowest BCUT2D eigenvalue weighted by Gasteiger charge is -2.06. The summed E-state index contributed by atoms with van der Waals surface area (Å²) in [6.45, 7) is 0. The van der Waals surface area contributed by atoms with Crippen LogP contribution in [0.4, 0.5) is 11.6 Å². The highest BCUT2D eigenvalue weighted by Crippen LogP contribution is 2.27. The molecule has 9 nitrogen and oxygen atoms in total. The maximum absolute atomic E-state index is 10.6. The lowest BCUT2D eigenvalue weighted by molar-refractivity contribution is -0.384. The third-order valence-electron chi connectivity index (χ3n) is 2.74. The molecule has 0 aliphatic carbocycles. The topological polar surface area (TPSA) is 119 Å². The van der Waals surface area contributed by atoms with E-state index in [-0.39, 0.29) is 11.6 Å². The number of anilines is 1. The standard InChI is InChI=1S/C12H10N6O3/c1-13-12-16-10-9(14-6-15-10)11(17-12)21-8-4-2-7(3-5-8)18(19)20/h2-6H,1H3,(H2,13,14,15,16,17). The van der Waals surface area contributed by atoms with Gasteiger partial charge in [0.05, 0.1) is 11.3 Å². The number of aromatic nitrogens is 4. The number of non-ortho nitro benzene ring substituents is 1. The fourth-order valence-corrected chi connectivity index (χ4v) is 1.74. The first-order chi connectivity index (χ1) is 10.2. The van der Waals surface area contributed by atoms with Gasteiger partial charge < -0.3 is 15.0 Å². The van der Waals surface area contributed by atoms with Gasteiger partial charge in [-0.15, -0.1) is 0 Å². The van der Waals surface area contributed by atoms with Crippen LogP contribution in [-0.4, -0.2) is 31.9 Å². The molecule has 2 heterocycles. The summed E-state index contributed by atoms with van der Waals surface area (Å²) in [4.78, 5) is 25.4. The number of rotatable bonds is 4. The van der Waals surface area contributed by atoms with Crippen molar-refractivity contribution in [1.29, 1.82) is 0 Å². The predicted octanol–water partition coefficient (Wildman–Crippen LogP) is 2.10. The van der Waals surface area contributed by atoms with Gasteiger partial charge in [-0.3, -0.25) is 10.1 Å². The number of hydrogen-bond acceptors (Lipinski definition) is 7. The Morgan fingerprint density at radius 2 is 2.05 bits per heavy atom.